The van der Waals surface area contributed by atoms with Crippen molar-refractivity contribution in [2.45, 2.75) is 45.1 Å². The Kier molecular flexibility index (Phi) is 5.76. The summed E-state index contributed by atoms with van der Waals surface area (Å²) in [6, 6.07) is 7.79. The van der Waals surface area contributed by atoms with E-state index < -0.39 is 0 Å². The number of amides is 1. The van der Waals surface area contributed by atoms with Crippen LogP contribution in [0.1, 0.15) is 44.1 Å². The molecule has 1 amide bonds. The molecule has 0 bridgehead atoms. The molecule has 2 rings (SSSR count). The summed E-state index contributed by atoms with van der Waals surface area (Å²) in [6.45, 7) is 1.15. The van der Waals surface area contributed by atoms with Gasteiger partial charge in [0.15, 0.2) is 0 Å². The van der Waals surface area contributed by atoms with Crippen LogP contribution in [0.4, 0.5) is 5.69 Å². The zero-order valence-corrected chi connectivity index (χ0v) is 12.9. The quantitative estimate of drug-likeness (QED) is 0.846. The van der Waals surface area contributed by atoms with Crippen molar-refractivity contribution in [1.29, 1.82) is 0 Å². The number of nitrogens with one attached hydrogen (secondary N) is 1. The Morgan fingerprint density at radius 1 is 1.33 bits per heavy atom. The number of methoxy groups -OCH3 is 1. The lowest BCUT2D eigenvalue weighted by atomic mass is 9.71. The lowest BCUT2D eigenvalue weighted by Crippen LogP contribution is -2.36. The molecule has 21 heavy (non-hydrogen) atoms. The third-order valence-corrected chi connectivity index (χ3v) is 4.40. The maximum absolute atomic E-state index is 12.3. The molecule has 1 aromatic rings. The van der Waals surface area contributed by atoms with Gasteiger partial charge in [-0.15, -0.1) is 0 Å². The first-order chi connectivity index (χ1) is 10.2. The second-order valence-electron chi connectivity index (χ2n) is 6.12. The first kappa shape index (κ1) is 16.0. The van der Waals surface area contributed by atoms with Crippen LogP contribution in [0, 0.1) is 5.41 Å². The number of rotatable bonds is 6. The molecule has 0 radical (unpaired) electrons. The molecule has 1 aromatic carbocycles. The van der Waals surface area contributed by atoms with Gasteiger partial charge in [-0.2, -0.15) is 0 Å². The van der Waals surface area contributed by atoms with Gasteiger partial charge in [0.1, 0.15) is 0 Å². The normalized spacial score (nSPS) is 17.4. The van der Waals surface area contributed by atoms with Crippen LogP contribution in [0.3, 0.4) is 0 Å². The highest BCUT2D eigenvalue weighted by atomic mass is 16.5. The second kappa shape index (κ2) is 7.57. The summed E-state index contributed by atoms with van der Waals surface area (Å²) in [5, 5.41) is 3.00. The van der Waals surface area contributed by atoms with Crippen molar-refractivity contribution < 1.29 is 9.53 Å². The minimum absolute atomic E-state index is 0.00642. The van der Waals surface area contributed by atoms with Gasteiger partial charge in [-0.1, -0.05) is 31.4 Å². The predicted octanol–water partition coefficient (Wildman–Crippen LogP) is 3.07. The number of nitrogens with two attached hydrogens (primary N) is 1. The fraction of sp³-hybridized carbons (Fsp3) is 0.588. The van der Waals surface area contributed by atoms with Crippen LogP contribution < -0.4 is 11.1 Å². The molecule has 0 saturated heterocycles. The number of carbonyl (C=O) groups excluding carboxylic acids is 1. The maximum atomic E-state index is 12.3. The van der Waals surface area contributed by atoms with Crippen LogP contribution in [0.25, 0.3) is 0 Å². The largest absolute Gasteiger partial charge is 0.380 e. The molecule has 116 valence electrons. The van der Waals surface area contributed by atoms with Gasteiger partial charge in [-0.05, 0) is 42.5 Å². The molecular formula is C17H26N2O2. The Morgan fingerprint density at radius 2 is 2.10 bits per heavy atom. The molecule has 1 aliphatic carbocycles. The monoisotopic (exact) mass is 290 g/mol. The topological polar surface area (TPSA) is 64.3 Å². The summed E-state index contributed by atoms with van der Waals surface area (Å²) in [7, 11) is 1.67. The fourth-order valence-corrected chi connectivity index (χ4v) is 3.21. The van der Waals surface area contributed by atoms with E-state index in [0.717, 1.165) is 24.1 Å². The predicted molar refractivity (Wildman–Crippen MR) is 85.0 cm³/mol. The zero-order valence-electron chi connectivity index (χ0n) is 12.9. The highest BCUT2D eigenvalue weighted by molar-refractivity contribution is 5.91. The summed E-state index contributed by atoms with van der Waals surface area (Å²) in [5.74, 6) is 0.0666. The van der Waals surface area contributed by atoms with Crippen LogP contribution in [0.2, 0.25) is 0 Å². The molecule has 0 unspecified atom stereocenters. The first-order valence-corrected chi connectivity index (χ1v) is 7.75. The van der Waals surface area contributed by atoms with E-state index in [1.807, 2.05) is 24.3 Å². The maximum Gasteiger partial charge on any atom is 0.224 e. The molecule has 1 aliphatic rings. The molecule has 0 heterocycles. The minimum atomic E-state index is 0.00642. The van der Waals surface area contributed by atoms with Crippen LogP contribution in [-0.2, 0) is 16.1 Å². The Bertz CT molecular complexity index is 468. The molecule has 0 spiro atoms. The molecule has 1 saturated carbocycles. The molecule has 4 heteroatoms. The van der Waals surface area contributed by atoms with Gasteiger partial charge in [-0.3, -0.25) is 4.79 Å². The van der Waals surface area contributed by atoms with Crippen molar-refractivity contribution >= 4 is 11.6 Å². The van der Waals surface area contributed by atoms with Crippen molar-refractivity contribution in [3.63, 3.8) is 0 Å². The Hall–Kier alpha value is -1.39. The third kappa shape index (κ3) is 4.55. The van der Waals surface area contributed by atoms with Crippen molar-refractivity contribution in [3.8, 4) is 0 Å². The minimum Gasteiger partial charge on any atom is -0.380 e. The second-order valence-corrected chi connectivity index (χ2v) is 6.12. The number of ether oxygens (including phenoxy) is 1. The van der Waals surface area contributed by atoms with E-state index in [-0.39, 0.29) is 11.3 Å². The average molecular weight is 290 g/mol. The van der Waals surface area contributed by atoms with E-state index >= 15 is 0 Å². The summed E-state index contributed by atoms with van der Waals surface area (Å²) >= 11 is 0. The van der Waals surface area contributed by atoms with E-state index in [4.69, 9.17) is 10.5 Å². The highest BCUT2D eigenvalue weighted by Crippen LogP contribution is 2.38. The molecule has 3 N–H and O–H groups in total. The zero-order chi connectivity index (χ0) is 15.1. The third-order valence-electron chi connectivity index (χ3n) is 4.40. The van der Waals surface area contributed by atoms with E-state index in [1.165, 1.54) is 19.3 Å². The number of hydrogen-bond acceptors (Lipinski definition) is 3. The summed E-state index contributed by atoms with van der Waals surface area (Å²) in [5.41, 5.74) is 7.84. The number of hydrogen-bond donors (Lipinski definition) is 2. The molecule has 1 fully saturated rings. The Labute approximate surface area is 127 Å². The van der Waals surface area contributed by atoms with Crippen LogP contribution in [0.15, 0.2) is 24.3 Å². The van der Waals surface area contributed by atoms with Gasteiger partial charge in [0.2, 0.25) is 5.91 Å². The number of benzene rings is 1. The molecular weight excluding hydrogens is 264 g/mol. The van der Waals surface area contributed by atoms with Gasteiger partial charge in [0.05, 0.1) is 6.61 Å². The van der Waals surface area contributed by atoms with Gasteiger partial charge >= 0.3 is 0 Å². The van der Waals surface area contributed by atoms with Crippen LogP contribution in [-0.4, -0.2) is 19.6 Å². The average Bonchev–Trinajstić information content (AvgIpc) is 2.49. The van der Waals surface area contributed by atoms with Crippen LogP contribution in [0.5, 0.6) is 0 Å². The molecule has 4 nitrogen and oxygen atoms in total. The van der Waals surface area contributed by atoms with Crippen molar-refractivity contribution in [2.24, 2.45) is 11.1 Å². The van der Waals surface area contributed by atoms with Crippen LogP contribution >= 0.6 is 0 Å². The standard InChI is InChI=1S/C17H26N2O2/c1-21-12-14-6-5-7-15(10-14)19-16(20)11-17(13-18)8-3-2-4-9-17/h5-7,10H,2-4,8-9,11-13,18H2,1H3,(H,19,20). The molecule has 0 atom stereocenters. The van der Waals surface area contributed by atoms with Gasteiger partial charge in [-0.25, -0.2) is 0 Å². The van der Waals surface area contributed by atoms with Crippen molar-refractivity contribution in [1.82, 2.24) is 0 Å². The summed E-state index contributed by atoms with van der Waals surface area (Å²) in [6.07, 6.45) is 6.31. The van der Waals surface area contributed by atoms with Crippen molar-refractivity contribution in [3.05, 3.63) is 29.8 Å². The highest BCUT2D eigenvalue weighted by Gasteiger charge is 2.32. The van der Waals surface area contributed by atoms with E-state index in [0.29, 0.717) is 19.6 Å². The van der Waals surface area contributed by atoms with E-state index in [1.54, 1.807) is 7.11 Å². The number of anilines is 1. The fourth-order valence-electron chi connectivity index (χ4n) is 3.21. The number of carbonyl (C=O) groups is 1. The summed E-state index contributed by atoms with van der Waals surface area (Å²) < 4.78 is 5.11. The van der Waals surface area contributed by atoms with Gasteiger partial charge in [0.25, 0.3) is 0 Å². The lowest BCUT2D eigenvalue weighted by Gasteiger charge is -2.35. The lowest BCUT2D eigenvalue weighted by molar-refractivity contribution is -0.118. The first-order valence-electron chi connectivity index (χ1n) is 7.75. The molecule has 0 aliphatic heterocycles. The smallest absolute Gasteiger partial charge is 0.224 e. The Balaban J connectivity index is 1.95. The Morgan fingerprint density at radius 3 is 2.76 bits per heavy atom. The molecule has 0 aromatic heterocycles. The SMILES string of the molecule is COCc1cccc(NC(=O)CC2(CN)CCCCC2)c1. The van der Waals surface area contributed by atoms with Gasteiger partial charge < -0.3 is 15.8 Å². The van der Waals surface area contributed by atoms with Crippen molar-refractivity contribution in [2.75, 3.05) is 19.0 Å². The summed E-state index contributed by atoms with van der Waals surface area (Å²) in [4.78, 5) is 12.3. The van der Waals surface area contributed by atoms with E-state index in [9.17, 15) is 4.79 Å². The van der Waals surface area contributed by atoms with Gasteiger partial charge in [0, 0.05) is 19.2 Å². The van der Waals surface area contributed by atoms with E-state index in [2.05, 4.69) is 5.32 Å².